The molecular weight excluding hydrogens is 220 g/mol. The third kappa shape index (κ3) is 2.28. The summed E-state index contributed by atoms with van der Waals surface area (Å²) in [6.45, 7) is 1.07. The highest BCUT2D eigenvalue weighted by molar-refractivity contribution is 6.01. The average Bonchev–Trinajstić information content (AvgIpc) is 2.89. The lowest BCUT2D eigenvalue weighted by Crippen LogP contribution is -2.23. The molecule has 1 aliphatic heterocycles. The van der Waals surface area contributed by atoms with Crippen molar-refractivity contribution in [1.29, 1.82) is 0 Å². The molecule has 1 saturated heterocycles. The molecule has 1 fully saturated rings. The van der Waals surface area contributed by atoms with E-state index in [1.54, 1.807) is 0 Å². The minimum absolute atomic E-state index is 1.04. The highest BCUT2D eigenvalue weighted by Crippen LogP contribution is 2.24. The number of nitrogens with zero attached hydrogens (tertiary/aromatic N) is 2. The predicted octanol–water partition coefficient (Wildman–Crippen LogP) is 4.02. The number of rotatable bonds is 2. The van der Waals surface area contributed by atoms with Crippen LogP contribution in [0.2, 0.25) is 0 Å². The zero-order chi connectivity index (χ0) is 12.2. The van der Waals surface area contributed by atoms with Crippen LogP contribution >= 0.6 is 0 Å². The Morgan fingerprint density at radius 1 is 0.833 bits per heavy atom. The normalized spacial score (nSPS) is 17.3. The Kier molecular flexibility index (Phi) is 3.09. The number of hydrogen-bond donors (Lipinski definition) is 0. The lowest BCUT2D eigenvalue weighted by molar-refractivity contribution is 0.956. The third-order valence-electron chi connectivity index (χ3n) is 3.18. The molecule has 0 aliphatic carbocycles. The summed E-state index contributed by atoms with van der Waals surface area (Å²) in [6.07, 6.45) is 2.24. The van der Waals surface area contributed by atoms with Gasteiger partial charge >= 0.3 is 0 Å². The second-order valence-electron chi connectivity index (χ2n) is 4.45. The van der Waals surface area contributed by atoms with Crippen LogP contribution in [0.1, 0.15) is 12.8 Å². The second-order valence-corrected chi connectivity index (χ2v) is 4.45. The Bertz CT molecular complexity index is 532. The maximum atomic E-state index is 4.76. The number of amidine groups is 1. The molecule has 3 rings (SSSR count). The van der Waals surface area contributed by atoms with Crippen LogP contribution in [-0.4, -0.2) is 12.4 Å². The number of anilines is 1. The molecule has 1 aliphatic rings. The second kappa shape index (κ2) is 5.05. The first-order chi connectivity index (χ1) is 8.93. The third-order valence-corrected chi connectivity index (χ3v) is 3.18. The van der Waals surface area contributed by atoms with Crippen LogP contribution in [0.15, 0.2) is 65.7 Å². The molecule has 0 spiro atoms. The predicted molar refractivity (Wildman–Crippen MR) is 76.6 cm³/mol. The maximum absolute atomic E-state index is 4.76. The van der Waals surface area contributed by atoms with Crippen LogP contribution < -0.4 is 4.90 Å². The summed E-state index contributed by atoms with van der Waals surface area (Å²) in [7, 11) is 0. The highest BCUT2D eigenvalue weighted by Gasteiger charge is 2.19. The van der Waals surface area contributed by atoms with Crippen molar-refractivity contribution >= 4 is 17.2 Å². The summed E-state index contributed by atoms with van der Waals surface area (Å²) in [4.78, 5) is 7.07. The van der Waals surface area contributed by atoms with E-state index in [1.807, 2.05) is 24.3 Å². The lowest BCUT2D eigenvalue weighted by atomic mass is 10.3. The van der Waals surface area contributed by atoms with Crippen molar-refractivity contribution in [2.45, 2.75) is 12.8 Å². The van der Waals surface area contributed by atoms with Gasteiger partial charge in [0.2, 0.25) is 0 Å². The average molecular weight is 236 g/mol. The van der Waals surface area contributed by atoms with Crippen molar-refractivity contribution in [3.8, 4) is 0 Å². The zero-order valence-electron chi connectivity index (χ0n) is 10.3. The van der Waals surface area contributed by atoms with Crippen LogP contribution in [0.3, 0.4) is 0 Å². The van der Waals surface area contributed by atoms with Gasteiger partial charge in [-0.05, 0) is 30.7 Å². The molecule has 0 radical (unpaired) electrons. The van der Waals surface area contributed by atoms with E-state index in [1.165, 1.54) is 17.9 Å². The van der Waals surface area contributed by atoms with Crippen molar-refractivity contribution in [1.82, 2.24) is 0 Å². The molecule has 0 unspecified atom stereocenters. The first-order valence-electron chi connectivity index (χ1n) is 6.39. The van der Waals surface area contributed by atoms with E-state index in [9.17, 15) is 0 Å². The largest absolute Gasteiger partial charge is 0.330 e. The lowest BCUT2D eigenvalue weighted by Gasteiger charge is -2.18. The Morgan fingerprint density at radius 2 is 1.50 bits per heavy atom. The summed E-state index contributed by atoms with van der Waals surface area (Å²) in [5.41, 5.74) is 2.28. The van der Waals surface area contributed by atoms with Crippen LogP contribution in [0.25, 0.3) is 0 Å². The minimum atomic E-state index is 1.04. The molecule has 0 amide bonds. The van der Waals surface area contributed by atoms with Gasteiger partial charge in [0.05, 0.1) is 5.69 Å². The molecule has 0 aromatic heterocycles. The van der Waals surface area contributed by atoms with Crippen molar-refractivity contribution in [3.63, 3.8) is 0 Å². The Morgan fingerprint density at radius 3 is 2.22 bits per heavy atom. The Balaban J connectivity index is 1.90. The molecule has 2 nitrogen and oxygen atoms in total. The van der Waals surface area contributed by atoms with E-state index in [0.29, 0.717) is 0 Å². The fourth-order valence-corrected chi connectivity index (χ4v) is 2.31. The molecule has 90 valence electrons. The summed E-state index contributed by atoms with van der Waals surface area (Å²) < 4.78 is 0. The van der Waals surface area contributed by atoms with E-state index in [2.05, 4.69) is 41.3 Å². The zero-order valence-corrected chi connectivity index (χ0v) is 10.3. The maximum Gasteiger partial charge on any atom is 0.109 e. The van der Waals surface area contributed by atoms with Crippen molar-refractivity contribution in [2.75, 3.05) is 11.4 Å². The van der Waals surface area contributed by atoms with Crippen LogP contribution in [0, 0.1) is 0 Å². The van der Waals surface area contributed by atoms with E-state index in [4.69, 9.17) is 4.99 Å². The van der Waals surface area contributed by atoms with Crippen LogP contribution in [-0.2, 0) is 0 Å². The van der Waals surface area contributed by atoms with Gasteiger partial charge in [0.15, 0.2) is 0 Å². The van der Waals surface area contributed by atoms with E-state index in [0.717, 1.165) is 18.7 Å². The van der Waals surface area contributed by atoms with Gasteiger partial charge in [0.1, 0.15) is 5.84 Å². The fraction of sp³-hybridized carbons (Fsp3) is 0.188. The quantitative estimate of drug-likeness (QED) is 0.769. The van der Waals surface area contributed by atoms with Gasteiger partial charge in [-0.25, -0.2) is 4.99 Å². The van der Waals surface area contributed by atoms with Crippen molar-refractivity contribution in [2.24, 2.45) is 4.99 Å². The van der Waals surface area contributed by atoms with Gasteiger partial charge in [-0.1, -0.05) is 36.4 Å². The molecule has 0 bridgehead atoms. The Hall–Kier alpha value is -2.09. The number of aliphatic imine (C=N–C) groups is 1. The molecule has 0 atom stereocenters. The molecule has 2 heteroatoms. The van der Waals surface area contributed by atoms with Gasteiger partial charge < -0.3 is 4.90 Å². The minimum Gasteiger partial charge on any atom is -0.330 e. The monoisotopic (exact) mass is 236 g/mol. The van der Waals surface area contributed by atoms with E-state index in [-0.39, 0.29) is 0 Å². The van der Waals surface area contributed by atoms with Gasteiger partial charge in [-0.2, -0.15) is 0 Å². The molecule has 1 heterocycles. The van der Waals surface area contributed by atoms with Gasteiger partial charge in [0.25, 0.3) is 0 Å². The fourth-order valence-electron chi connectivity index (χ4n) is 2.31. The van der Waals surface area contributed by atoms with Gasteiger partial charge in [-0.15, -0.1) is 0 Å². The standard InChI is InChI=1S/C16H16N2/c1-3-8-14(9-4-1)17-16-12-7-13-18(16)15-10-5-2-6-11-15/h1-6,8-11H,7,12-13H2. The number of hydrogen-bond acceptors (Lipinski definition) is 1. The van der Waals surface area contributed by atoms with E-state index >= 15 is 0 Å². The summed E-state index contributed by atoms with van der Waals surface area (Å²) in [6, 6.07) is 20.7. The molecule has 0 saturated carbocycles. The smallest absolute Gasteiger partial charge is 0.109 e. The SMILES string of the molecule is c1ccc(N=C2CCCN2c2ccccc2)cc1. The molecule has 18 heavy (non-hydrogen) atoms. The Labute approximate surface area is 108 Å². The molecular formula is C16H16N2. The molecule has 2 aromatic rings. The van der Waals surface area contributed by atoms with Crippen LogP contribution in [0.4, 0.5) is 11.4 Å². The van der Waals surface area contributed by atoms with Crippen molar-refractivity contribution < 1.29 is 0 Å². The summed E-state index contributed by atoms with van der Waals surface area (Å²) >= 11 is 0. The first-order valence-corrected chi connectivity index (χ1v) is 6.39. The van der Waals surface area contributed by atoms with Crippen LogP contribution in [0.5, 0.6) is 0 Å². The van der Waals surface area contributed by atoms with E-state index < -0.39 is 0 Å². The summed E-state index contributed by atoms with van der Waals surface area (Å²) in [5.74, 6) is 1.17. The number of para-hydroxylation sites is 2. The van der Waals surface area contributed by atoms with Gasteiger partial charge in [-0.3, -0.25) is 0 Å². The number of benzene rings is 2. The molecule has 0 N–H and O–H groups in total. The first kappa shape index (κ1) is 11.0. The molecule has 2 aromatic carbocycles. The summed E-state index contributed by atoms with van der Waals surface area (Å²) in [5, 5.41) is 0. The van der Waals surface area contributed by atoms with Crippen molar-refractivity contribution in [3.05, 3.63) is 60.7 Å². The highest BCUT2D eigenvalue weighted by atomic mass is 15.2. The van der Waals surface area contributed by atoms with Gasteiger partial charge in [0, 0.05) is 18.7 Å². The topological polar surface area (TPSA) is 15.6 Å².